The molecular weight excluding hydrogens is 574 g/mol. The van der Waals surface area contributed by atoms with Gasteiger partial charge in [0.15, 0.2) is 5.78 Å². The molecule has 1 aromatic carbocycles. The Hall–Kier alpha value is -2.02. The van der Waals surface area contributed by atoms with Crippen molar-refractivity contribution in [3.8, 4) is 5.75 Å². The van der Waals surface area contributed by atoms with E-state index < -0.39 is 16.9 Å². The van der Waals surface area contributed by atoms with Crippen LogP contribution in [0.15, 0.2) is 29.3 Å². The van der Waals surface area contributed by atoms with Crippen molar-refractivity contribution in [2.24, 2.45) is 45.3 Å². The van der Waals surface area contributed by atoms with Gasteiger partial charge < -0.3 is 20.3 Å². The van der Waals surface area contributed by atoms with Crippen LogP contribution in [0.3, 0.4) is 0 Å². The number of aliphatic hydroxyl groups is 1. The second-order valence-electron chi connectivity index (χ2n) is 18.4. The summed E-state index contributed by atoms with van der Waals surface area (Å²) in [5.41, 5.74) is 2.55. The Morgan fingerprint density at radius 3 is 2.39 bits per heavy atom. The van der Waals surface area contributed by atoms with Crippen molar-refractivity contribution in [3.05, 3.63) is 40.5 Å². The van der Waals surface area contributed by atoms with Crippen molar-refractivity contribution in [1.29, 1.82) is 0 Å². The summed E-state index contributed by atoms with van der Waals surface area (Å²) in [5, 5.41) is 25.1. The lowest BCUT2D eigenvalue weighted by molar-refractivity contribution is -0.201. The number of aromatic hydroxyl groups is 1. The zero-order valence-electron chi connectivity index (χ0n) is 29.7. The first-order valence-electron chi connectivity index (χ1n) is 18.0. The number of phenolic OH excluding ortho intramolecular Hbond substituents is 1. The molecule has 0 aromatic heterocycles. The van der Waals surface area contributed by atoms with Crippen LogP contribution in [0.4, 0.5) is 0 Å². The number of nitrogens with one attached hydrogen (secondary N) is 1. The lowest BCUT2D eigenvalue weighted by atomic mass is 9.33. The lowest BCUT2D eigenvalue weighted by Crippen LogP contribution is -2.67. The van der Waals surface area contributed by atoms with Gasteiger partial charge >= 0.3 is 0 Å². The number of Topliss-reactive ketones (excluding diaryl/α,β-unsaturated/α-hetero) is 2. The molecule has 6 fully saturated rings. The molecular formula is C40H57NO5. The summed E-state index contributed by atoms with van der Waals surface area (Å²) in [4.78, 5) is 28.9. The van der Waals surface area contributed by atoms with E-state index in [0.29, 0.717) is 37.0 Å². The monoisotopic (exact) mass is 631 g/mol. The Bertz CT molecular complexity index is 1520. The number of allylic oxidation sites excluding steroid dienone is 2. The summed E-state index contributed by atoms with van der Waals surface area (Å²) in [6.07, 6.45) is 5.96. The van der Waals surface area contributed by atoms with Gasteiger partial charge in [0.25, 0.3) is 0 Å². The van der Waals surface area contributed by atoms with Crippen molar-refractivity contribution < 1.29 is 24.5 Å². The second-order valence-corrected chi connectivity index (χ2v) is 18.4. The zero-order chi connectivity index (χ0) is 33.4. The van der Waals surface area contributed by atoms with Gasteiger partial charge in [0.05, 0.1) is 17.1 Å². The number of ketones is 2. The van der Waals surface area contributed by atoms with Gasteiger partial charge in [0, 0.05) is 23.8 Å². The maximum atomic E-state index is 14.9. The number of epoxide rings is 1. The lowest BCUT2D eigenvalue weighted by Gasteiger charge is -2.70. The number of hydrogen-bond acceptors (Lipinski definition) is 6. The van der Waals surface area contributed by atoms with Crippen LogP contribution in [-0.4, -0.2) is 46.6 Å². The van der Waals surface area contributed by atoms with Crippen LogP contribution >= 0.6 is 0 Å². The zero-order valence-corrected chi connectivity index (χ0v) is 29.7. The molecule has 0 spiro atoms. The summed E-state index contributed by atoms with van der Waals surface area (Å²) in [7, 11) is 1.91. The van der Waals surface area contributed by atoms with Gasteiger partial charge in [0.1, 0.15) is 17.6 Å². The number of phenols is 1. The molecule has 6 aliphatic carbocycles. The number of carbonyl (C=O) groups excluding carboxylic acids is 2. The molecule has 1 saturated heterocycles. The van der Waals surface area contributed by atoms with Gasteiger partial charge in [-0.3, -0.25) is 9.59 Å². The predicted octanol–water partition coefficient (Wildman–Crippen LogP) is 7.04. The van der Waals surface area contributed by atoms with Crippen LogP contribution < -0.4 is 5.32 Å². The van der Waals surface area contributed by atoms with Gasteiger partial charge in [0.2, 0.25) is 0 Å². The molecule has 252 valence electrons. The van der Waals surface area contributed by atoms with Gasteiger partial charge in [-0.15, -0.1) is 0 Å². The van der Waals surface area contributed by atoms with E-state index in [-0.39, 0.29) is 51.3 Å². The molecule has 0 amide bonds. The quantitative estimate of drug-likeness (QED) is 0.279. The van der Waals surface area contributed by atoms with E-state index in [2.05, 4.69) is 52.9 Å². The van der Waals surface area contributed by atoms with E-state index in [9.17, 15) is 19.8 Å². The second kappa shape index (κ2) is 10.0. The fourth-order valence-corrected chi connectivity index (χ4v) is 13.5. The maximum absolute atomic E-state index is 14.9. The number of benzene rings is 1. The Kier molecular flexibility index (Phi) is 7.08. The number of fused-ring (bicyclic) bond motifs is 5. The summed E-state index contributed by atoms with van der Waals surface area (Å²) in [6.45, 7) is 18.6. The summed E-state index contributed by atoms with van der Waals surface area (Å²) >= 11 is 0. The van der Waals surface area contributed by atoms with Crippen LogP contribution in [-0.2, 0) is 26.3 Å². The van der Waals surface area contributed by atoms with Crippen LogP contribution in [0.1, 0.15) is 118 Å². The summed E-state index contributed by atoms with van der Waals surface area (Å²) < 4.78 is 5.76. The molecule has 1 aromatic rings. The van der Waals surface area contributed by atoms with E-state index in [0.717, 1.165) is 55.2 Å². The van der Waals surface area contributed by atoms with Crippen LogP contribution in [0.5, 0.6) is 5.75 Å². The highest BCUT2D eigenvalue weighted by molar-refractivity contribution is 6.01. The molecule has 7 aliphatic rings. The Morgan fingerprint density at radius 2 is 1.74 bits per heavy atom. The summed E-state index contributed by atoms with van der Waals surface area (Å²) in [6, 6.07) is 5.87. The molecule has 4 bridgehead atoms. The number of hydrogen-bond donors (Lipinski definition) is 3. The minimum absolute atomic E-state index is 0.00525. The van der Waals surface area contributed by atoms with Gasteiger partial charge in [-0.1, -0.05) is 53.2 Å². The van der Waals surface area contributed by atoms with Gasteiger partial charge in [-0.05, 0) is 129 Å². The molecule has 5 saturated carbocycles. The third kappa shape index (κ3) is 4.17. The number of rotatable bonds is 7. The fourth-order valence-electron chi connectivity index (χ4n) is 13.5. The van der Waals surface area contributed by atoms with Crippen molar-refractivity contribution in [1.82, 2.24) is 5.32 Å². The van der Waals surface area contributed by atoms with Crippen LogP contribution in [0, 0.1) is 45.3 Å². The first kappa shape index (κ1) is 32.5. The largest absolute Gasteiger partial charge is 0.508 e. The number of ether oxygens (including phenoxy) is 1. The van der Waals surface area contributed by atoms with Gasteiger partial charge in [-0.2, -0.15) is 0 Å². The molecule has 46 heavy (non-hydrogen) atoms. The average molecular weight is 632 g/mol. The topological polar surface area (TPSA) is 99.2 Å². The molecule has 8 rings (SSSR count). The highest BCUT2D eigenvalue weighted by Gasteiger charge is 2.74. The average Bonchev–Trinajstić information content (AvgIpc) is 3.54. The smallest absolute Gasteiger partial charge is 0.159 e. The molecule has 6 heteroatoms. The van der Waals surface area contributed by atoms with E-state index in [1.54, 1.807) is 0 Å². The Labute approximate surface area is 276 Å². The predicted molar refractivity (Wildman–Crippen MR) is 179 cm³/mol. The van der Waals surface area contributed by atoms with Crippen LogP contribution in [0.2, 0.25) is 0 Å². The van der Waals surface area contributed by atoms with Crippen molar-refractivity contribution in [2.75, 3.05) is 7.05 Å². The molecule has 1 aliphatic heterocycles. The first-order chi connectivity index (χ1) is 21.4. The Balaban J connectivity index is 1.30. The normalized spacial score (nSPS) is 43.2. The minimum Gasteiger partial charge on any atom is -0.508 e. The third-order valence-corrected chi connectivity index (χ3v) is 15.0. The number of aliphatic hydroxyl groups excluding tert-OH is 1. The fraction of sp³-hybridized carbons (Fsp3) is 0.750. The van der Waals surface area contributed by atoms with E-state index in [4.69, 9.17) is 4.74 Å². The standard InChI is InChI=1S/C40H57NO5/c1-22(14-28(43)33-36(4,5)46-33)31-27-10-11-30-37(6)21-40(25-15-23(20-41-9)16-26(42)17-25)13-12-24(32(37)35(2,3)34(40)45)18-39(30,8)38(27,7)19-29(31)44/h15-17,22,24,28,30,32-33,41-43H,10-14,18-21H2,1-9H3. The highest BCUT2D eigenvalue weighted by Crippen LogP contribution is 2.78. The molecule has 10 atom stereocenters. The minimum atomic E-state index is -0.632. The Morgan fingerprint density at radius 1 is 1.04 bits per heavy atom. The summed E-state index contributed by atoms with van der Waals surface area (Å²) in [5.74, 6) is 1.92. The molecule has 1 heterocycles. The molecule has 6 nitrogen and oxygen atoms in total. The maximum Gasteiger partial charge on any atom is 0.159 e. The first-order valence-corrected chi connectivity index (χ1v) is 18.0. The van der Waals surface area contributed by atoms with Gasteiger partial charge in [-0.25, -0.2) is 0 Å². The van der Waals surface area contributed by atoms with E-state index in [1.807, 2.05) is 33.0 Å². The SMILES string of the molecule is CNCc1cc(O)cc(C23CCC4CC5(C)C(CCC6=C(C(C)CC(O)C7OC7(C)C)C(=O)CC65C)C(C)(C2)C4C(C)(C)C3=O)c1. The van der Waals surface area contributed by atoms with Crippen LogP contribution in [0.25, 0.3) is 0 Å². The highest BCUT2D eigenvalue weighted by atomic mass is 16.6. The van der Waals surface area contributed by atoms with Crippen molar-refractivity contribution in [3.63, 3.8) is 0 Å². The van der Waals surface area contributed by atoms with Crippen molar-refractivity contribution >= 4 is 11.6 Å². The molecule has 3 N–H and O–H groups in total. The molecule has 0 radical (unpaired) electrons. The third-order valence-electron chi connectivity index (χ3n) is 15.0. The van der Waals surface area contributed by atoms with E-state index >= 15 is 0 Å². The molecule has 10 unspecified atom stereocenters. The van der Waals surface area contributed by atoms with E-state index in [1.165, 1.54) is 5.57 Å². The van der Waals surface area contributed by atoms with Crippen molar-refractivity contribution in [2.45, 2.75) is 137 Å². The number of carbonyl (C=O) groups is 2.